The van der Waals surface area contributed by atoms with Gasteiger partial charge in [-0.3, -0.25) is 4.79 Å². The van der Waals surface area contributed by atoms with Crippen molar-refractivity contribution in [1.82, 2.24) is 14.5 Å². The molecule has 0 atom stereocenters. The fourth-order valence-electron chi connectivity index (χ4n) is 3.79. The summed E-state index contributed by atoms with van der Waals surface area (Å²) in [6.07, 6.45) is 4.50. The minimum absolute atomic E-state index is 0.101. The van der Waals surface area contributed by atoms with Crippen LogP contribution in [0.2, 0.25) is 0 Å². The first-order chi connectivity index (χ1) is 13.1. The van der Waals surface area contributed by atoms with Crippen molar-refractivity contribution in [3.05, 3.63) is 59.4 Å². The molecule has 1 aliphatic heterocycles. The molecule has 2 heterocycles. The molecule has 2 aromatic carbocycles. The standard InChI is InChI=1S/C22H26N4O/c1-16-5-7-19(17(2)13-16)24-22(27)18-6-8-21-20(14-18)23-15-26(21)12-11-25-9-3-4-10-25/h5-8,13-15H,3-4,9-12H2,1-2H3,(H,24,27). The Morgan fingerprint density at radius 3 is 2.67 bits per heavy atom. The van der Waals surface area contributed by atoms with Gasteiger partial charge in [0.25, 0.3) is 5.91 Å². The molecule has 27 heavy (non-hydrogen) atoms. The van der Waals surface area contributed by atoms with Gasteiger partial charge in [0.2, 0.25) is 0 Å². The van der Waals surface area contributed by atoms with Crippen LogP contribution in [0.4, 0.5) is 5.69 Å². The normalized spacial score (nSPS) is 14.7. The highest BCUT2D eigenvalue weighted by atomic mass is 16.1. The van der Waals surface area contributed by atoms with E-state index in [1.165, 1.54) is 31.5 Å². The molecule has 1 aromatic heterocycles. The van der Waals surface area contributed by atoms with Crippen molar-refractivity contribution in [3.8, 4) is 0 Å². The Balaban J connectivity index is 1.48. The fraction of sp³-hybridized carbons (Fsp3) is 0.364. The highest BCUT2D eigenvalue weighted by Gasteiger charge is 2.13. The Kier molecular flexibility index (Phi) is 4.94. The number of hydrogen-bond donors (Lipinski definition) is 1. The second kappa shape index (κ2) is 7.53. The van der Waals surface area contributed by atoms with Crippen LogP contribution in [0.5, 0.6) is 0 Å². The molecule has 1 N–H and O–H groups in total. The van der Waals surface area contributed by atoms with Crippen LogP contribution < -0.4 is 5.32 Å². The minimum atomic E-state index is -0.101. The Labute approximate surface area is 160 Å². The number of nitrogens with one attached hydrogen (secondary N) is 1. The van der Waals surface area contributed by atoms with Crippen LogP contribution in [0.1, 0.15) is 34.3 Å². The maximum Gasteiger partial charge on any atom is 0.255 e. The van der Waals surface area contributed by atoms with Gasteiger partial charge in [-0.25, -0.2) is 4.98 Å². The number of benzene rings is 2. The van der Waals surface area contributed by atoms with Gasteiger partial charge in [0.1, 0.15) is 0 Å². The van der Waals surface area contributed by atoms with Crippen LogP contribution in [0.3, 0.4) is 0 Å². The van der Waals surface area contributed by atoms with Crippen LogP contribution in [-0.2, 0) is 6.54 Å². The number of imidazole rings is 1. The lowest BCUT2D eigenvalue weighted by atomic mass is 10.1. The van der Waals surface area contributed by atoms with E-state index in [2.05, 4.69) is 25.8 Å². The van der Waals surface area contributed by atoms with Crippen LogP contribution in [0.15, 0.2) is 42.7 Å². The number of carbonyl (C=O) groups excluding carboxylic acids is 1. The number of aryl methyl sites for hydroxylation is 2. The van der Waals surface area contributed by atoms with Crippen LogP contribution >= 0.6 is 0 Å². The molecule has 1 saturated heterocycles. The Bertz CT molecular complexity index is 970. The molecule has 0 unspecified atom stereocenters. The molecule has 1 amide bonds. The number of hydrogen-bond acceptors (Lipinski definition) is 3. The predicted molar refractivity (Wildman–Crippen MR) is 109 cm³/mol. The molecule has 0 radical (unpaired) electrons. The average molecular weight is 362 g/mol. The predicted octanol–water partition coefficient (Wildman–Crippen LogP) is 4.00. The molecule has 1 aliphatic rings. The summed E-state index contributed by atoms with van der Waals surface area (Å²) in [6, 6.07) is 11.8. The zero-order valence-corrected chi connectivity index (χ0v) is 16.0. The average Bonchev–Trinajstić information content (AvgIpc) is 3.31. The van der Waals surface area contributed by atoms with E-state index >= 15 is 0 Å². The van der Waals surface area contributed by atoms with E-state index in [4.69, 9.17) is 0 Å². The van der Waals surface area contributed by atoms with Crippen molar-refractivity contribution in [2.24, 2.45) is 0 Å². The van der Waals surface area contributed by atoms with Crippen molar-refractivity contribution < 1.29 is 4.79 Å². The third kappa shape index (κ3) is 3.88. The highest BCUT2D eigenvalue weighted by molar-refractivity contribution is 6.06. The zero-order valence-electron chi connectivity index (χ0n) is 16.0. The van der Waals surface area contributed by atoms with Gasteiger partial charge < -0.3 is 14.8 Å². The molecule has 3 aromatic rings. The molecular weight excluding hydrogens is 336 g/mol. The van der Waals surface area contributed by atoms with E-state index in [9.17, 15) is 4.79 Å². The summed E-state index contributed by atoms with van der Waals surface area (Å²) in [5.41, 5.74) is 5.68. The summed E-state index contributed by atoms with van der Waals surface area (Å²) in [5.74, 6) is -0.101. The molecule has 0 aliphatic carbocycles. The minimum Gasteiger partial charge on any atom is -0.329 e. The van der Waals surface area contributed by atoms with Crippen molar-refractivity contribution in [3.63, 3.8) is 0 Å². The second-order valence-electron chi connectivity index (χ2n) is 7.46. The smallest absolute Gasteiger partial charge is 0.255 e. The summed E-state index contributed by atoms with van der Waals surface area (Å²) in [5, 5.41) is 3.01. The number of fused-ring (bicyclic) bond motifs is 1. The van der Waals surface area contributed by atoms with Crippen molar-refractivity contribution in [2.45, 2.75) is 33.2 Å². The van der Waals surface area contributed by atoms with E-state index in [1.54, 1.807) is 0 Å². The maximum atomic E-state index is 12.6. The van der Waals surface area contributed by atoms with E-state index in [1.807, 2.05) is 50.5 Å². The Morgan fingerprint density at radius 2 is 1.89 bits per heavy atom. The monoisotopic (exact) mass is 362 g/mol. The van der Waals surface area contributed by atoms with Crippen molar-refractivity contribution in [1.29, 1.82) is 0 Å². The van der Waals surface area contributed by atoms with Crippen LogP contribution in [0, 0.1) is 13.8 Å². The first-order valence-corrected chi connectivity index (χ1v) is 9.66. The van der Waals surface area contributed by atoms with Gasteiger partial charge >= 0.3 is 0 Å². The van der Waals surface area contributed by atoms with Crippen LogP contribution in [0.25, 0.3) is 11.0 Å². The molecular formula is C22H26N4O. The van der Waals surface area contributed by atoms with E-state index in [-0.39, 0.29) is 5.91 Å². The van der Waals surface area contributed by atoms with Gasteiger partial charge in [0.15, 0.2) is 0 Å². The first-order valence-electron chi connectivity index (χ1n) is 9.66. The Morgan fingerprint density at radius 1 is 1.07 bits per heavy atom. The van der Waals surface area contributed by atoms with Gasteiger partial charge in [0, 0.05) is 24.3 Å². The second-order valence-corrected chi connectivity index (χ2v) is 7.46. The summed E-state index contributed by atoms with van der Waals surface area (Å²) in [7, 11) is 0. The van der Waals surface area contributed by atoms with Gasteiger partial charge in [-0.15, -0.1) is 0 Å². The molecule has 140 valence electrons. The lowest BCUT2D eigenvalue weighted by Crippen LogP contribution is -2.23. The van der Waals surface area contributed by atoms with Crippen molar-refractivity contribution in [2.75, 3.05) is 25.0 Å². The maximum absolute atomic E-state index is 12.6. The highest BCUT2D eigenvalue weighted by Crippen LogP contribution is 2.20. The Hall–Kier alpha value is -2.66. The van der Waals surface area contributed by atoms with Crippen molar-refractivity contribution >= 4 is 22.6 Å². The molecule has 0 saturated carbocycles. The van der Waals surface area contributed by atoms with Gasteiger partial charge in [-0.05, 0) is 69.6 Å². The van der Waals surface area contributed by atoms with Gasteiger partial charge in [-0.1, -0.05) is 17.7 Å². The van der Waals surface area contributed by atoms with Gasteiger partial charge in [0.05, 0.1) is 17.4 Å². The summed E-state index contributed by atoms with van der Waals surface area (Å²) in [6.45, 7) is 8.45. The number of aromatic nitrogens is 2. The fourth-order valence-corrected chi connectivity index (χ4v) is 3.79. The summed E-state index contributed by atoms with van der Waals surface area (Å²) in [4.78, 5) is 19.7. The van der Waals surface area contributed by atoms with E-state index < -0.39 is 0 Å². The number of nitrogens with zero attached hydrogens (tertiary/aromatic N) is 3. The summed E-state index contributed by atoms with van der Waals surface area (Å²) < 4.78 is 2.18. The van der Waals surface area contributed by atoms with E-state index in [0.717, 1.165) is 35.4 Å². The molecule has 5 heteroatoms. The number of rotatable bonds is 5. The van der Waals surface area contributed by atoms with Gasteiger partial charge in [-0.2, -0.15) is 0 Å². The third-order valence-corrected chi connectivity index (χ3v) is 5.37. The molecule has 0 spiro atoms. The topological polar surface area (TPSA) is 50.2 Å². The zero-order chi connectivity index (χ0) is 18.8. The lowest BCUT2D eigenvalue weighted by Gasteiger charge is -2.15. The lowest BCUT2D eigenvalue weighted by molar-refractivity contribution is 0.102. The summed E-state index contributed by atoms with van der Waals surface area (Å²) >= 11 is 0. The number of carbonyl (C=O) groups is 1. The number of likely N-dealkylation sites (tertiary alicyclic amines) is 1. The third-order valence-electron chi connectivity index (χ3n) is 5.37. The molecule has 0 bridgehead atoms. The first kappa shape index (κ1) is 17.7. The molecule has 4 rings (SSSR count). The SMILES string of the molecule is Cc1ccc(NC(=O)c2ccc3c(c2)ncn3CCN2CCCC2)c(C)c1. The van der Waals surface area contributed by atoms with Crippen LogP contribution in [-0.4, -0.2) is 40.0 Å². The largest absolute Gasteiger partial charge is 0.329 e. The molecule has 1 fully saturated rings. The number of amides is 1. The molecule has 5 nitrogen and oxygen atoms in total. The number of anilines is 1. The quantitative estimate of drug-likeness (QED) is 0.746. The van der Waals surface area contributed by atoms with E-state index in [0.29, 0.717) is 5.56 Å².